The van der Waals surface area contributed by atoms with Gasteiger partial charge in [0, 0.05) is 23.1 Å². The maximum atomic E-state index is 6.08. The van der Waals surface area contributed by atoms with Crippen LogP contribution in [-0.4, -0.2) is 15.8 Å². The lowest BCUT2D eigenvalue weighted by Gasteiger charge is -2.03. The molecule has 1 N–H and O–H groups in total. The molecule has 1 aromatic heterocycles. The fourth-order valence-electron chi connectivity index (χ4n) is 1.99. The Balaban J connectivity index is 1.66. The zero-order valence-electron chi connectivity index (χ0n) is 12.1. The van der Waals surface area contributed by atoms with E-state index in [0.717, 1.165) is 27.5 Å². The van der Waals surface area contributed by atoms with E-state index in [1.807, 2.05) is 60.2 Å². The number of benzene rings is 2. The maximum Gasteiger partial charge on any atom is 0.0991 e. The molecule has 0 amide bonds. The molecule has 3 rings (SSSR count). The molecule has 0 fully saturated rings. The number of nitrogens with zero attached hydrogens (tertiary/aromatic N) is 3. The van der Waals surface area contributed by atoms with Gasteiger partial charge in [-0.25, -0.2) is 4.98 Å². The zero-order valence-corrected chi connectivity index (χ0v) is 12.8. The molecule has 0 aliphatic carbocycles. The fraction of sp³-hybridized carbons (Fsp3) is 0.0588. The van der Waals surface area contributed by atoms with Gasteiger partial charge in [-0.15, -0.1) is 0 Å². The minimum Gasteiger partial charge on any atom is -0.306 e. The molecular formula is C17H15ClN4. The summed E-state index contributed by atoms with van der Waals surface area (Å²) < 4.78 is 1.95. The second-order valence-electron chi connectivity index (χ2n) is 4.90. The number of aryl methyl sites for hydroxylation is 1. The van der Waals surface area contributed by atoms with Crippen molar-refractivity contribution in [3.63, 3.8) is 0 Å². The van der Waals surface area contributed by atoms with Crippen molar-refractivity contribution >= 4 is 23.5 Å². The van der Waals surface area contributed by atoms with Crippen LogP contribution in [0, 0.1) is 6.92 Å². The summed E-state index contributed by atoms with van der Waals surface area (Å²) in [7, 11) is 0. The Kier molecular flexibility index (Phi) is 4.21. The molecular weight excluding hydrogens is 296 g/mol. The quantitative estimate of drug-likeness (QED) is 0.577. The van der Waals surface area contributed by atoms with Crippen molar-refractivity contribution in [1.29, 1.82) is 0 Å². The number of hydrogen-bond acceptors (Lipinski definition) is 3. The first-order chi connectivity index (χ1) is 10.7. The van der Waals surface area contributed by atoms with Crippen LogP contribution in [0.5, 0.6) is 0 Å². The lowest BCUT2D eigenvalue weighted by Crippen LogP contribution is -1.93. The number of rotatable bonds is 4. The normalized spacial score (nSPS) is 11.0. The van der Waals surface area contributed by atoms with Crippen molar-refractivity contribution in [2.24, 2.45) is 5.10 Å². The van der Waals surface area contributed by atoms with Gasteiger partial charge < -0.3 is 4.57 Å². The lowest BCUT2D eigenvalue weighted by atomic mass is 10.2. The van der Waals surface area contributed by atoms with Gasteiger partial charge in [0.1, 0.15) is 0 Å². The van der Waals surface area contributed by atoms with Crippen LogP contribution < -0.4 is 5.43 Å². The minimum atomic E-state index is 0.727. The van der Waals surface area contributed by atoms with Crippen LogP contribution in [0.1, 0.15) is 11.1 Å². The number of anilines is 1. The van der Waals surface area contributed by atoms with E-state index in [0.29, 0.717) is 0 Å². The van der Waals surface area contributed by atoms with E-state index in [1.165, 1.54) is 0 Å². The van der Waals surface area contributed by atoms with Gasteiger partial charge in [-0.1, -0.05) is 29.8 Å². The summed E-state index contributed by atoms with van der Waals surface area (Å²) in [5, 5.41) is 4.95. The largest absolute Gasteiger partial charge is 0.306 e. The molecule has 0 spiro atoms. The smallest absolute Gasteiger partial charge is 0.0991 e. The van der Waals surface area contributed by atoms with Crippen LogP contribution in [-0.2, 0) is 0 Å². The number of nitrogens with one attached hydrogen (secondary N) is 1. The Morgan fingerprint density at radius 2 is 2.00 bits per heavy atom. The predicted molar refractivity (Wildman–Crippen MR) is 91.0 cm³/mol. The highest BCUT2D eigenvalue weighted by Crippen LogP contribution is 2.19. The van der Waals surface area contributed by atoms with Crippen LogP contribution in [0.2, 0.25) is 5.02 Å². The maximum absolute atomic E-state index is 6.08. The summed E-state index contributed by atoms with van der Waals surface area (Å²) in [6.07, 6.45) is 7.20. The first-order valence-corrected chi connectivity index (χ1v) is 7.24. The molecule has 3 aromatic rings. The number of imidazole rings is 1. The summed E-state index contributed by atoms with van der Waals surface area (Å²) in [5.74, 6) is 0. The summed E-state index contributed by atoms with van der Waals surface area (Å²) >= 11 is 6.08. The van der Waals surface area contributed by atoms with E-state index in [1.54, 1.807) is 18.7 Å². The molecule has 0 aliphatic rings. The molecule has 5 heteroatoms. The van der Waals surface area contributed by atoms with E-state index >= 15 is 0 Å². The molecule has 0 atom stereocenters. The van der Waals surface area contributed by atoms with Crippen LogP contribution in [0.15, 0.2) is 66.3 Å². The Bertz CT molecular complexity index is 777. The van der Waals surface area contributed by atoms with Crippen molar-refractivity contribution in [2.45, 2.75) is 6.92 Å². The Morgan fingerprint density at radius 3 is 2.68 bits per heavy atom. The van der Waals surface area contributed by atoms with Gasteiger partial charge in [0.2, 0.25) is 0 Å². The molecule has 0 bridgehead atoms. The van der Waals surface area contributed by atoms with Crippen LogP contribution >= 0.6 is 11.6 Å². The summed E-state index contributed by atoms with van der Waals surface area (Å²) in [5.41, 5.74) is 6.96. The number of aromatic nitrogens is 2. The predicted octanol–water partition coefficient (Wildman–Crippen LogP) is 4.28. The van der Waals surface area contributed by atoms with Gasteiger partial charge in [-0.3, -0.25) is 5.43 Å². The highest BCUT2D eigenvalue weighted by Gasteiger charge is 1.97. The van der Waals surface area contributed by atoms with Crippen molar-refractivity contribution in [3.8, 4) is 5.69 Å². The van der Waals surface area contributed by atoms with Gasteiger partial charge in [-0.05, 0) is 42.3 Å². The standard InChI is InChI=1S/C17H15ClN4/c1-13-2-5-15(10-17(13)18)21-20-11-14-3-6-16(7-4-14)22-9-8-19-12-22/h2-12,21H,1H3/b20-11+. The summed E-state index contributed by atoms with van der Waals surface area (Å²) in [6.45, 7) is 1.97. The summed E-state index contributed by atoms with van der Waals surface area (Å²) in [4.78, 5) is 4.03. The average molecular weight is 311 g/mol. The van der Waals surface area contributed by atoms with Crippen molar-refractivity contribution in [3.05, 3.63) is 77.3 Å². The molecule has 0 unspecified atom stereocenters. The van der Waals surface area contributed by atoms with E-state index in [4.69, 9.17) is 11.6 Å². The molecule has 0 saturated heterocycles. The Labute approximate surface area is 134 Å². The molecule has 22 heavy (non-hydrogen) atoms. The number of halogens is 1. The highest BCUT2D eigenvalue weighted by atomic mass is 35.5. The Morgan fingerprint density at radius 1 is 1.18 bits per heavy atom. The van der Waals surface area contributed by atoms with Crippen LogP contribution in [0.3, 0.4) is 0 Å². The van der Waals surface area contributed by atoms with Crippen LogP contribution in [0.25, 0.3) is 5.69 Å². The SMILES string of the molecule is Cc1ccc(N/N=C/c2ccc(-n3ccnc3)cc2)cc1Cl. The highest BCUT2D eigenvalue weighted by molar-refractivity contribution is 6.31. The Hall–Kier alpha value is -2.59. The molecule has 0 aliphatic heterocycles. The monoisotopic (exact) mass is 310 g/mol. The number of hydrogen-bond donors (Lipinski definition) is 1. The third-order valence-corrected chi connectivity index (χ3v) is 3.68. The van der Waals surface area contributed by atoms with Gasteiger partial charge in [0.05, 0.1) is 18.2 Å². The van der Waals surface area contributed by atoms with Crippen molar-refractivity contribution < 1.29 is 0 Å². The van der Waals surface area contributed by atoms with Gasteiger partial charge >= 0.3 is 0 Å². The number of hydrazone groups is 1. The van der Waals surface area contributed by atoms with Gasteiger partial charge in [0.15, 0.2) is 0 Å². The molecule has 1 heterocycles. The summed E-state index contributed by atoms with van der Waals surface area (Å²) in [6, 6.07) is 13.8. The first-order valence-electron chi connectivity index (χ1n) is 6.86. The van der Waals surface area contributed by atoms with E-state index in [-0.39, 0.29) is 0 Å². The third kappa shape index (κ3) is 3.35. The first kappa shape index (κ1) is 14.4. The molecule has 110 valence electrons. The fourth-order valence-corrected chi connectivity index (χ4v) is 2.17. The molecule has 0 saturated carbocycles. The lowest BCUT2D eigenvalue weighted by molar-refractivity contribution is 1.06. The zero-order chi connectivity index (χ0) is 15.4. The minimum absolute atomic E-state index is 0.727. The second-order valence-corrected chi connectivity index (χ2v) is 5.30. The third-order valence-electron chi connectivity index (χ3n) is 3.27. The topological polar surface area (TPSA) is 42.2 Å². The second kappa shape index (κ2) is 6.45. The average Bonchev–Trinajstić information content (AvgIpc) is 3.06. The molecule has 2 aromatic carbocycles. The molecule has 4 nitrogen and oxygen atoms in total. The van der Waals surface area contributed by atoms with Crippen molar-refractivity contribution in [1.82, 2.24) is 9.55 Å². The van der Waals surface area contributed by atoms with E-state index in [2.05, 4.69) is 15.5 Å². The van der Waals surface area contributed by atoms with E-state index in [9.17, 15) is 0 Å². The van der Waals surface area contributed by atoms with Gasteiger partial charge in [0.25, 0.3) is 0 Å². The van der Waals surface area contributed by atoms with E-state index < -0.39 is 0 Å². The van der Waals surface area contributed by atoms with Gasteiger partial charge in [-0.2, -0.15) is 5.10 Å². The molecule has 0 radical (unpaired) electrons. The van der Waals surface area contributed by atoms with Crippen molar-refractivity contribution in [2.75, 3.05) is 5.43 Å². The van der Waals surface area contributed by atoms with Crippen LogP contribution in [0.4, 0.5) is 5.69 Å².